The molecule has 21 heavy (non-hydrogen) atoms. The second-order valence-corrected chi connectivity index (χ2v) is 4.77. The van der Waals surface area contributed by atoms with Crippen molar-refractivity contribution in [3.05, 3.63) is 40.8 Å². The van der Waals surface area contributed by atoms with E-state index in [9.17, 15) is 9.90 Å². The summed E-state index contributed by atoms with van der Waals surface area (Å²) >= 11 is 5.92. The molecule has 0 spiro atoms. The number of hydrogen-bond acceptors (Lipinski definition) is 4. The molecule has 0 saturated heterocycles. The number of aromatic amines is 1. The number of fused-ring (bicyclic) bond motifs is 3. The summed E-state index contributed by atoms with van der Waals surface area (Å²) in [5.74, 6) is 4.30. The van der Waals surface area contributed by atoms with Crippen molar-refractivity contribution < 1.29 is 9.90 Å². The monoisotopic (exact) mass is 326 g/mol. The lowest BCUT2D eigenvalue weighted by Crippen LogP contribution is -2.22. The SMILES string of the molecule is Cl.NNCc1[nH]c2c(ccc3cnc(Cl)cc32)c1C(=O)O. The summed E-state index contributed by atoms with van der Waals surface area (Å²) in [4.78, 5) is 18.6. The minimum absolute atomic E-state index is 0. The highest BCUT2D eigenvalue weighted by atomic mass is 35.5. The van der Waals surface area contributed by atoms with Crippen molar-refractivity contribution >= 4 is 51.7 Å². The number of H-pyrrole nitrogens is 1. The van der Waals surface area contributed by atoms with Gasteiger partial charge in [0.2, 0.25) is 0 Å². The highest BCUT2D eigenvalue weighted by Crippen LogP contribution is 2.30. The number of aromatic carboxylic acids is 1. The van der Waals surface area contributed by atoms with Crippen LogP contribution in [-0.4, -0.2) is 21.0 Å². The Hall–Kier alpha value is -1.86. The van der Waals surface area contributed by atoms with Crippen LogP contribution in [0.3, 0.4) is 0 Å². The summed E-state index contributed by atoms with van der Waals surface area (Å²) in [6.45, 7) is 0.233. The van der Waals surface area contributed by atoms with E-state index in [4.69, 9.17) is 17.4 Å². The van der Waals surface area contributed by atoms with Crippen LogP contribution in [0.25, 0.3) is 21.7 Å². The zero-order valence-electron chi connectivity index (χ0n) is 10.7. The van der Waals surface area contributed by atoms with E-state index in [1.807, 2.05) is 6.07 Å². The third-order valence-electron chi connectivity index (χ3n) is 3.21. The Bertz CT molecular complexity index is 832. The number of halogens is 2. The van der Waals surface area contributed by atoms with Gasteiger partial charge in [-0.25, -0.2) is 9.78 Å². The molecule has 0 aliphatic rings. The zero-order chi connectivity index (χ0) is 14.3. The number of carbonyl (C=O) groups is 1. The second-order valence-electron chi connectivity index (χ2n) is 4.38. The van der Waals surface area contributed by atoms with Crippen LogP contribution in [0.1, 0.15) is 16.1 Å². The van der Waals surface area contributed by atoms with Gasteiger partial charge < -0.3 is 10.1 Å². The summed E-state index contributed by atoms with van der Waals surface area (Å²) in [6, 6.07) is 5.29. The first kappa shape index (κ1) is 15.5. The van der Waals surface area contributed by atoms with Crippen molar-refractivity contribution in [1.82, 2.24) is 15.4 Å². The number of carboxylic acids is 1. The molecule has 2 heterocycles. The fourth-order valence-corrected chi connectivity index (χ4v) is 2.55. The van der Waals surface area contributed by atoms with E-state index in [0.717, 1.165) is 16.3 Å². The number of aromatic nitrogens is 2. The summed E-state index contributed by atoms with van der Waals surface area (Å²) < 4.78 is 0. The number of nitrogens with two attached hydrogens (primary N) is 1. The Morgan fingerprint density at radius 3 is 2.86 bits per heavy atom. The van der Waals surface area contributed by atoms with Crippen molar-refractivity contribution in [2.24, 2.45) is 5.84 Å². The first-order valence-corrected chi connectivity index (χ1v) is 6.25. The molecule has 5 N–H and O–H groups in total. The van der Waals surface area contributed by atoms with Crippen molar-refractivity contribution in [2.75, 3.05) is 0 Å². The lowest BCUT2D eigenvalue weighted by molar-refractivity contribution is 0.0697. The molecular formula is C13H12Cl2N4O2. The molecule has 3 aromatic rings. The molecule has 2 aromatic heterocycles. The Morgan fingerprint density at radius 1 is 1.43 bits per heavy atom. The predicted octanol–water partition coefficient (Wildman–Crippen LogP) is 2.45. The maximum Gasteiger partial charge on any atom is 0.338 e. The number of rotatable bonds is 3. The molecule has 0 saturated carbocycles. The number of nitrogens with zero attached hydrogens (tertiary/aromatic N) is 1. The molecule has 0 unspecified atom stereocenters. The number of nitrogens with one attached hydrogen (secondary N) is 2. The van der Waals surface area contributed by atoms with Gasteiger partial charge in [-0.1, -0.05) is 23.7 Å². The summed E-state index contributed by atoms with van der Waals surface area (Å²) in [5.41, 5.74) is 3.92. The summed E-state index contributed by atoms with van der Waals surface area (Å²) in [7, 11) is 0. The molecule has 110 valence electrons. The van der Waals surface area contributed by atoms with Crippen molar-refractivity contribution in [2.45, 2.75) is 6.54 Å². The fourth-order valence-electron chi connectivity index (χ4n) is 2.39. The highest BCUT2D eigenvalue weighted by molar-refractivity contribution is 6.30. The van der Waals surface area contributed by atoms with Crippen LogP contribution in [0.5, 0.6) is 0 Å². The number of pyridine rings is 1. The molecule has 0 fully saturated rings. The molecule has 8 heteroatoms. The smallest absolute Gasteiger partial charge is 0.338 e. The van der Waals surface area contributed by atoms with Crippen molar-refractivity contribution in [1.29, 1.82) is 0 Å². The van der Waals surface area contributed by atoms with Gasteiger partial charge in [-0.3, -0.25) is 11.3 Å². The van der Waals surface area contributed by atoms with Crippen molar-refractivity contribution in [3.8, 4) is 0 Å². The Morgan fingerprint density at radius 2 is 2.19 bits per heavy atom. The lowest BCUT2D eigenvalue weighted by atomic mass is 10.1. The van der Waals surface area contributed by atoms with Crippen LogP contribution in [-0.2, 0) is 6.54 Å². The van der Waals surface area contributed by atoms with Crippen LogP contribution >= 0.6 is 24.0 Å². The number of carboxylic acid groups (broad SMARTS) is 1. The Balaban J connectivity index is 0.00000161. The largest absolute Gasteiger partial charge is 0.478 e. The fraction of sp³-hybridized carbons (Fsp3) is 0.0769. The van der Waals surface area contributed by atoms with E-state index in [-0.39, 0.29) is 24.5 Å². The quantitative estimate of drug-likeness (QED) is 0.336. The van der Waals surface area contributed by atoms with Crippen LogP contribution in [0.4, 0.5) is 0 Å². The number of hydrogen-bond donors (Lipinski definition) is 4. The van der Waals surface area contributed by atoms with Crippen LogP contribution in [0.2, 0.25) is 5.15 Å². The molecule has 6 nitrogen and oxygen atoms in total. The number of benzene rings is 1. The van der Waals surface area contributed by atoms with Crippen LogP contribution in [0, 0.1) is 0 Å². The first-order chi connectivity index (χ1) is 9.61. The standard InChI is InChI=1S/C13H11ClN4O2.ClH/c14-10-3-8-6(4-16-10)1-2-7-11(13(19)20)9(5-17-15)18-12(7)8;/h1-4,17-18H,5,15H2,(H,19,20);1H. The Labute approximate surface area is 130 Å². The van der Waals surface area contributed by atoms with Crippen LogP contribution < -0.4 is 11.3 Å². The van der Waals surface area contributed by atoms with Gasteiger partial charge >= 0.3 is 5.97 Å². The third kappa shape index (κ3) is 2.54. The lowest BCUT2D eigenvalue weighted by Gasteiger charge is -2.00. The van der Waals surface area contributed by atoms with Gasteiger partial charge in [0.15, 0.2) is 0 Å². The van der Waals surface area contributed by atoms with Gasteiger partial charge in [-0.05, 0) is 6.07 Å². The van der Waals surface area contributed by atoms with E-state index < -0.39 is 5.97 Å². The van der Waals surface area contributed by atoms with Crippen LogP contribution in [0.15, 0.2) is 24.4 Å². The van der Waals surface area contributed by atoms with Gasteiger partial charge in [0.25, 0.3) is 0 Å². The molecule has 0 atom stereocenters. The molecule has 0 bridgehead atoms. The molecule has 0 amide bonds. The maximum absolute atomic E-state index is 11.4. The minimum Gasteiger partial charge on any atom is -0.478 e. The molecular weight excluding hydrogens is 315 g/mol. The minimum atomic E-state index is -0.999. The van der Waals surface area contributed by atoms with Gasteiger partial charge in [0.05, 0.1) is 17.6 Å². The predicted molar refractivity (Wildman–Crippen MR) is 83.8 cm³/mol. The van der Waals surface area contributed by atoms with E-state index in [1.165, 1.54) is 0 Å². The molecule has 0 aliphatic heterocycles. The maximum atomic E-state index is 11.4. The summed E-state index contributed by atoms with van der Waals surface area (Å²) in [6.07, 6.45) is 1.65. The van der Waals surface area contributed by atoms with E-state index in [2.05, 4.69) is 15.4 Å². The molecule has 1 aromatic carbocycles. The van der Waals surface area contributed by atoms with Gasteiger partial charge in [0.1, 0.15) is 5.15 Å². The third-order valence-corrected chi connectivity index (χ3v) is 3.42. The highest BCUT2D eigenvalue weighted by Gasteiger charge is 2.18. The topological polar surface area (TPSA) is 104 Å². The molecule has 0 radical (unpaired) electrons. The average Bonchev–Trinajstić information content (AvgIpc) is 2.77. The second kappa shape index (κ2) is 5.87. The van der Waals surface area contributed by atoms with Gasteiger partial charge in [0, 0.05) is 28.0 Å². The number of hydrazine groups is 1. The molecule has 0 aliphatic carbocycles. The summed E-state index contributed by atoms with van der Waals surface area (Å²) in [5, 5.41) is 12.1. The van der Waals surface area contributed by atoms with E-state index >= 15 is 0 Å². The average molecular weight is 327 g/mol. The van der Waals surface area contributed by atoms with Crippen molar-refractivity contribution in [3.63, 3.8) is 0 Å². The zero-order valence-corrected chi connectivity index (χ0v) is 12.3. The first-order valence-electron chi connectivity index (χ1n) is 5.87. The van der Waals surface area contributed by atoms with E-state index in [1.54, 1.807) is 18.3 Å². The van der Waals surface area contributed by atoms with Gasteiger partial charge in [-0.2, -0.15) is 0 Å². The normalized spacial score (nSPS) is 10.8. The Kier molecular flexibility index (Phi) is 4.34. The van der Waals surface area contributed by atoms with Gasteiger partial charge in [-0.15, -0.1) is 12.4 Å². The van der Waals surface area contributed by atoms with E-state index in [0.29, 0.717) is 16.2 Å². The molecule has 3 rings (SSSR count).